The topological polar surface area (TPSA) is 12.0 Å². The van der Waals surface area contributed by atoms with Crippen LogP contribution in [0.2, 0.25) is 5.02 Å². The molecule has 2 aromatic carbocycles. The molecular formula is C17H19BrClN. The minimum Gasteiger partial charge on any atom is -0.310 e. The van der Waals surface area contributed by atoms with Crippen LogP contribution in [0.4, 0.5) is 0 Å². The lowest BCUT2D eigenvalue weighted by Crippen LogP contribution is -2.23. The third-order valence-corrected chi connectivity index (χ3v) is 4.45. The summed E-state index contributed by atoms with van der Waals surface area (Å²) in [6.07, 6.45) is 0.884. The average molecular weight is 353 g/mol. The van der Waals surface area contributed by atoms with E-state index in [2.05, 4.69) is 59.4 Å². The zero-order chi connectivity index (χ0) is 14.5. The first-order chi connectivity index (χ1) is 9.61. The van der Waals surface area contributed by atoms with Crippen molar-refractivity contribution in [3.8, 4) is 0 Å². The van der Waals surface area contributed by atoms with Crippen LogP contribution in [-0.4, -0.2) is 6.54 Å². The largest absolute Gasteiger partial charge is 0.310 e. The Morgan fingerprint density at radius 2 is 1.95 bits per heavy atom. The smallest absolute Gasteiger partial charge is 0.0438 e. The summed E-state index contributed by atoms with van der Waals surface area (Å²) < 4.78 is 1.14. The second kappa shape index (κ2) is 7.26. The van der Waals surface area contributed by atoms with Gasteiger partial charge in [-0.3, -0.25) is 0 Å². The molecule has 0 aromatic heterocycles. The van der Waals surface area contributed by atoms with E-state index in [0.29, 0.717) is 0 Å². The second-order valence-electron chi connectivity index (χ2n) is 4.93. The maximum absolute atomic E-state index is 6.29. The van der Waals surface area contributed by atoms with Gasteiger partial charge in [0.25, 0.3) is 0 Å². The highest BCUT2D eigenvalue weighted by Crippen LogP contribution is 2.29. The van der Waals surface area contributed by atoms with E-state index >= 15 is 0 Å². The molecule has 2 aromatic rings. The minimum absolute atomic E-state index is 0.258. The van der Waals surface area contributed by atoms with Gasteiger partial charge in [0, 0.05) is 15.5 Å². The van der Waals surface area contributed by atoms with E-state index < -0.39 is 0 Å². The van der Waals surface area contributed by atoms with E-state index in [1.165, 1.54) is 16.7 Å². The van der Waals surface area contributed by atoms with E-state index in [0.717, 1.165) is 22.5 Å². The molecule has 0 bridgehead atoms. The van der Waals surface area contributed by atoms with Gasteiger partial charge >= 0.3 is 0 Å². The molecule has 0 fully saturated rings. The lowest BCUT2D eigenvalue weighted by atomic mass is 9.97. The fourth-order valence-corrected chi connectivity index (χ4v) is 3.09. The Labute approximate surface area is 134 Å². The third-order valence-electron chi connectivity index (χ3n) is 3.36. The molecule has 3 heteroatoms. The van der Waals surface area contributed by atoms with Crippen LogP contribution in [0.1, 0.15) is 29.7 Å². The van der Waals surface area contributed by atoms with Gasteiger partial charge in [-0.1, -0.05) is 70.3 Å². The summed E-state index contributed by atoms with van der Waals surface area (Å²) in [6.45, 7) is 5.17. The number of likely N-dealkylation sites (N-methyl/N-ethyl adjacent to an activating group) is 1. The molecule has 0 aliphatic carbocycles. The first-order valence-electron chi connectivity index (χ1n) is 6.84. The monoisotopic (exact) mass is 351 g/mol. The summed E-state index contributed by atoms with van der Waals surface area (Å²) in [5.41, 5.74) is 3.73. The minimum atomic E-state index is 0.258. The van der Waals surface area contributed by atoms with Crippen molar-refractivity contribution in [2.45, 2.75) is 26.3 Å². The molecule has 0 radical (unpaired) electrons. The Morgan fingerprint density at radius 3 is 2.65 bits per heavy atom. The molecule has 0 heterocycles. The van der Waals surface area contributed by atoms with Crippen molar-refractivity contribution in [3.05, 3.63) is 68.7 Å². The summed E-state index contributed by atoms with van der Waals surface area (Å²) in [5, 5.41) is 4.39. The predicted octanol–water partition coefficient (Wildman–Crippen LogP) is 5.30. The van der Waals surface area contributed by atoms with Crippen LogP contribution in [0, 0.1) is 6.92 Å². The predicted molar refractivity (Wildman–Crippen MR) is 90.5 cm³/mol. The molecule has 1 atom stereocenters. The van der Waals surface area contributed by atoms with Crippen molar-refractivity contribution < 1.29 is 0 Å². The number of hydrogen-bond donors (Lipinski definition) is 1. The molecule has 0 saturated carbocycles. The average Bonchev–Trinajstić information content (AvgIpc) is 2.43. The molecule has 0 spiro atoms. The van der Waals surface area contributed by atoms with E-state index in [9.17, 15) is 0 Å². The van der Waals surface area contributed by atoms with Crippen LogP contribution in [0.25, 0.3) is 0 Å². The fourth-order valence-electron chi connectivity index (χ4n) is 2.35. The number of hydrogen-bond acceptors (Lipinski definition) is 1. The molecule has 0 aliphatic heterocycles. The molecule has 2 rings (SSSR count). The molecule has 0 amide bonds. The van der Waals surface area contributed by atoms with E-state index in [1.807, 2.05) is 18.2 Å². The van der Waals surface area contributed by atoms with Gasteiger partial charge in [-0.05, 0) is 43.1 Å². The van der Waals surface area contributed by atoms with Crippen molar-refractivity contribution >= 4 is 27.5 Å². The number of aryl methyl sites for hydroxylation is 1. The van der Waals surface area contributed by atoms with Crippen LogP contribution >= 0.6 is 27.5 Å². The van der Waals surface area contributed by atoms with Crippen LogP contribution in [0.3, 0.4) is 0 Å². The van der Waals surface area contributed by atoms with Crippen molar-refractivity contribution in [3.63, 3.8) is 0 Å². The summed E-state index contributed by atoms with van der Waals surface area (Å²) in [6, 6.07) is 14.8. The lowest BCUT2D eigenvalue weighted by Gasteiger charge is -2.21. The third kappa shape index (κ3) is 3.85. The second-order valence-corrected chi connectivity index (χ2v) is 6.19. The van der Waals surface area contributed by atoms with Crippen LogP contribution in [0.5, 0.6) is 0 Å². The number of nitrogens with one attached hydrogen (secondary N) is 1. The van der Waals surface area contributed by atoms with Gasteiger partial charge in [-0.25, -0.2) is 0 Å². The molecule has 1 unspecified atom stereocenters. The molecule has 1 N–H and O–H groups in total. The first-order valence-corrected chi connectivity index (χ1v) is 8.01. The number of benzene rings is 2. The van der Waals surface area contributed by atoms with Crippen LogP contribution < -0.4 is 5.32 Å². The van der Waals surface area contributed by atoms with Crippen LogP contribution in [0.15, 0.2) is 46.9 Å². The first kappa shape index (κ1) is 15.6. The highest BCUT2D eigenvalue weighted by molar-refractivity contribution is 9.10. The van der Waals surface area contributed by atoms with E-state index in [-0.39, 0.29) is 6.04 Å². The molecule has 0 aliphatic rings. The normalized spacial score (nSPS) is 12.4. The standard InChI is InChI=1S/C17H19BrClN/c1-3-20-17(11-13-6-4-5-7-16(13)19)14-10-12(2)8-9-15(14)18/h4-10,17,20H,3,11H2,1-2H3. The van der Waals surface area contributed by atoms with Crippen molar-refractivity contribution in [2.24, 2.45) is 0 Å². The SMILES string of the molecule is CCNC(Cc1ccccc1Cl)c1cc(C)ccc1Br. The van der Waals surface area contributed by atoms with E-state index in [1.54, 1.807) is 0 Å². The summed E-state index contributed by atoms with van der Waals surface area (Å²) in [7, 11) is 0. The van der Waals surface area contributed by atoms with Gasteiger partial charge < -0.3 is 5.32 Å². The van der Waals surface area contributed by atoms with Gasteiger partial charge in [0.2, 0.25) is 0 Å². The van der Waals surface area contributed by atoms with Crippen molar-refractivity contribution in [1.82, 2.24) is 5.32 Å². The van der Waals surface area contributed by atoms with Crippen molar-refractivity contribution in [1.29, 1.82) is 0 Å². The molecule has 106 valence electrons. The zero-order valence-electron chi connectivity index (χ0n) is 11.8. The Kier molecular flexibility index (Phi) is 5.64. The van der Waals surface area contributed by atoms with Gasteiger partial charge in [0.05, 0.1) is 0 Å². The van der Waals surface area contributed by atoms with Crippen LogP contribution in [-0.2, 0) is 6.42 Å². The Balaban J connectivity index is 2.32. The lowest BCUT2D eigenvalue weighted by molar-refractivity contribution is 0.547. The molecule has 0 saturated heterocycles. The van der Waals surface area contributed by atoms with Gasteiger partial charge in [-0.15, -0.1) is 0 Å². The number of rotatable bonds is 5. The quantitative estimate of drug-likeness (QED) is 0.769. The highest BCUT2D eigenvalue weighted by atomic mass is 79.9. The zero-order valence-corrected chi connectivity index (χ0v) is 14.1. The maximum atomic E-state index is 6.29. The molecule has 1 nitrogen and oxygen atoms in total. The molecular weight excluding hydrogens is 334 g/mol. The fraction of sp³-hybridized carbons (Fsp3) is 0.294. The Bertz CT molecular complexity index is 583. The summed E-state index contributed by atoms with van der Waals surface area (Å²) in [4.78, 5) is 0. The van der Waals surface area contributed by atoms with Gasteiger partial charge in [0.1, 0.15) is 0 Å². The summed E-state index contributed by atoms with van der Waals surface area (Å²) in [5.74, 6) is 0. The Hall–Kier alpha value is -0.830. The van der Waals surface area contributed by atoms with Crippen molar-refractivity contribution in [2.75, 3.05) is 6.54 Å². The molecule has 20 heavy (non-hydrogen) atoms. The highest BCUT2D eigenvalue weighted by Gasteiger charge is 2.15. The maximum Gasteiger partial charge on any atom is 0.0438 e. The summed E-state index contributed by atoms with van der Waals surface area (Å²) >= 11 is 9.95. The Morgan fingerprint density at radius 1 is 1.20 bits per heavy atom. The van der Waals surface area contributed by atoms with Gasteiger partial charge in [-0.2, -0.15) is 0 Å². The number of halogens is 2. The van der Waals surface area contributed by atoms with Gasteiger partial charge in [0.15, 0.2) is 0 Å². The van der Waals surface area contributed by atoms with E-state index in [4.69, 9.17) is 11.6 Å².